The largest absolute Gasteiger partial charge is 0.382 e. The van der Waals surface area contributed by atoms with E-state index in [2.05, 4.69) is 61.2 Å². The van der Waals surface area contributed by atoms with E-state index in [1.165, 1.54) is 41.3 Å². The standard InChI is InChI=1S/C14H22N2S/c1-11-13(5-4-6-14(11)16(2)3)15-12-7-9-17-10-8-12/h4-6,12,15H,7-10H2,1-3H3. The van der Waals surface area contributed by atoms with Crippen molar-refractivity contribution in [3.05, 3.63) is 23.8 Å². The summed E-state index contributed by atoms with van der Waals surface area (Å²) in [6.07, 6.45) is 2.58. The zero-order valence-corrected chi connectivity index (χ0v) is 11.8. The second kappa shape index (κ2) is 5.67. The average molecular weight is 250 g/mol. The van der Waals surface area contributed by atoms with Crippen molar-refractivity contribution in [1.29, 1.82) is 0 Å². The SMILES string of the molecule is Cc1c(NC2CCSCC2)cccc1N(C)C. The summed E-state index contributed by atoms with van der Waals surface area (Å²) in [6.45, 7) is 2.20. The fraction of sp³-hybridized carbons (Fsp3) is 0.571. The first kappa shape index (κ1) is 12.6. The molecule has 2 rings (SSSR count). The number of benzene rings is 1. The summed E-state index contributed by atoms with van der Waals surface area (Å²) in [5.41, 5.74) is 3.96. The molecule has 0 radical (unpaired) electrons. The molecule has 0 aliphatic carbocycles. The van der Waals surface area contributed by atoms with Gasteiger partial charge in [0.15, 0.2) is 0 Å². The summed E-state index contributed by atoms with van der Waals surface area (Å²) in [5.74, 6) is 2.59. The maximum absolute atomic E-state index is 3.70. The van der Waals surface area contributed by atoms with Crippen LogP contribution in [0.5, 0.6) is 0 Å². The molecular formula is C14H22N2S. The van der Waals surface area contributed by atoms with Crippen LogP contribution in [0.15, 0.2) is 18.2 Å². The third-order valence-corrected chi connectivity index (χ3v) is 4.42. The van der Waals surface area contributed by atoms with Gasteiger partial charge in [0.05, 0.1) is 0 Å². The van der Waals surface area contributed by atoms with Crippen LogP contribution >= 0.6 is 11.8 Å². The van der Waals surface area contributed by atoms with E-state index in [-0.39, 0.29) is 0 Å². The maximum atomic E-state index is 3.70. The number of nitrogens with zero attached hydrogens (tertiary/aromatic N) is 1. The molecule has 1 N–H and O–H groups in total. The topological polar surface area (TPSA) is 15.3 Å². The Morgan fingerprint density at radius 2 is 1.94 bits per heavy atom. The lowest BCUT2D eigenvalue weighted by atomic mass is 10.1. The van der Waals surface area contributed by atoms with Crippen LogP contribution in [-0.2, 0) is 0 Å². The molecule has 0 unspecified atom stereocenters. The molecule has 0 spiro atoms. The van der Waals surface area contributed by atoms with E-state index in [4.69, 9.17) is 0 Å². The number of hydrogen-bond donors (Lipinski definition) is 1. The Hall–Kier alpha value is -0.830. The van der Waals surface area contributed by atoms with Gasteiger partial charge in [-0.3, -0.25) is 0 Å². The van der Waals surface area contributed by atoms with Gasteiger partial charge in [-0.1, -0.05) is 6.07 Å². The second-order valence-corrected chi connectivity index (χ2v) is 6.10. The minimum Gasteiger partial charge on any atom is -0.382 e. The lowest BCUT2D eigenvalue weighted by Crippen LogP contribution is -2.25. The Kier molecular flexibility index (Phi) is 4.21. The van der Waals surface area contributed by atoms with Crippen LogP contribution in [0.4, 0.5) is 11.4 Å². The fourth-order valence-corrected chi connectivity index (χ4v) is 3.43. The van der Waals surface area contributed by atoms with Crippen LogP contribution in [0.25, 0.3) is 0 Å². The quantitative estimate of drug-likeness (QED) is 0.885. The first-order chi connectivity index (χ1) is 8.18. The molecule has 94 valence electrons. The lowest BCUT2D eigenvalue weighted by Gasteiger charge is -2.26. The van der Waals surface area contributed by atoms with Crippen molar-refractivity contribution in [1.82, 2.24) is 0 Å². The van der Waals surface area contributed by atoms with Gasteiger partial charge in [-0.05, 0) is 49.0 Å². The molecule has 2 nitrogen and oxygen atoms in total. The summed E-state index contributed by atoms with van der Waals surface area (Å²) >= 11 is 2.07. The van der Waals surface area contributed by atoms with Gasteiger partial charge in [0.2, 0.25) is 0 Å². The van der Waals surface area contributed by atoms with Gasteiger partial charge in [-0.2, -0.15) is 11.8 Å². The van der Waals surface area contributed by atoms with Gasteiger partial charge >= 0.3 is 0 Å². The van der Waals surface area contributed by atoms with Crippen LogP contribution in [0, 0.1) is 6.92 Å². The summed E-state index contributed by atoms with van der Waals surface area (Å²) in [6, 6.07) is 7.18. The number of rotatable bonds is 3. The molecule has 0 bridgehead atoms. The van der Waals surface area contributed by atoms with Crippen molar-refractivity contribution < 1.29 is 0 Å². The highest BCUT2D eigenvalue weighted by atomic mass is 32.2. The Bertz CT molecular complexity index is 370. The van der Waals surface area contributed by atoms with E-state index in [0.717, 1.165) is 0 Å². The highest BCUT2D eigenvalue weighted by Gasteiger charge is 2.14. The van der Waals surface area contributed by atoms with Gasteiger partial charge < -0.3 is 10.2 Å². The van der Waals surface area contributed by atoms with Crippen molar-refractivity contribution >= 4 is 23.1 Å². The van der Waals surface area contributed by atoms with Crippen molar-refractivity contribution in [2.45, 2.75) is 25.8 Å². The van der Waals surface area contributed by atoms with Crippen LogP contribution in [-0.4, -0.2) is 31.6 Å². The second-order valence-electron chi connectivity index (χ2n) is 4.88. The third-order valence-electron chi connectivity index (χ3n) is 3.37. The summed E-state index contributed by atoms with van der Waals surface area (Å²) in [5, 5.41) is 3.70. The van der Waals surface area contributed by atoms with Gasteiger partial charge in [0.1, 0.15) is 0 Å². The number of thioether (sulfide) groups is 1. The van der Waals surface area contributed by atoms with Crippen molar-refractivity contribution in [2.24, 2.45) is 0 Å². The molecule has 0 saturated carbocycles. The Morgan fingerprint density at radius 1 is 1.24 bits per heavy atom. The van der Waals surface area contributed by atoms with Crippen molar-refractivity contribution in [2.75, 3.05) is 35.8 Å². The lowest BCUT2D eigenvalue weighted by molar-refractivity contribution is 0.666. The Labute approximate surface area is 109 Å². The zero-order chi connectivity index (χ0) is 12.3. The monoisotopic (exact) mass is 250 g/mol. The minimum absolute atomic E-state index is 0.660. The number of nitrogens with one attached hydrogen (secondary N) is 1. The van der Waals surface area contributed by atoms with Crippen LogP contribution in [0.3, 0.4) is 0 Å². The van der Waals surface area contributed by atoms with Crippen molar-refractivity contribution in [3.8, 4) is 0 Å². The van der Waals surface area contributed by atoms with Gasteiger partial charge in [0.25, 0.3) is 0 Å². The van der Waals surface area contributed by atoms with E-state index in [0.29, 0.717) is 6.04 Å². The van der Waals surface area contributed by atoms with E-state index < -0.39 is 0 Å². The molecule has 17 heavy (non-hydrogen) atoms. The fourth-order valence-electron chi connectivity index (χ4n) is 2.33. The van der Waals surface area contributed by atoms with E-state index >= 15 is 0 Å². The molecule has 0 amide bonds. The predicted octanol–water partition coefficient (Wildman–Crippen LogP) is 3.37. The first-order valence-corrected chi connectivity index (χ1v) is 7.45. The predicted molar refractivity (Wildman–Crippen MR) is 79.5 cm³/mol. The summed E-state index contributed by atoms with van der Waals surface area (Å²) in [4.78, 5) is 2.18. The Balaban J connectivity index is 2.12. The molecular weight excluding hydrogens is 228 g/mol. The molecule has 1 aromatic carbocycles. The van der Waals surface area contributed by atoms with E-state index in [1.54, 1.807) is 0 Å². The highest BCUT2D eigenvalue weighted by molar-refractivity contribution is 7.99. The molecule has 1 fully saturated rings. The molecule has 1 aromatic rings. The highest BCUT2D eigenvalue weighted by Crippen LogP contribution is 2.28. The Morgan fingerprint density at radius 3 is 2.59 bits per heavy atom. The smallest absolute Gasteiger partial charge is 0.0411 e. The van der Waals surface area contributed by atoms with Crippen molar-refractivity contribution in [3.63, 3.8) is 0 Å². The van der Waals surface area contributed by atoms with Crippen LogP contribution < -0.4 is 10.2 Å². The normalized spacial score (nSPS) is 16.9. The van der Waals surface area contributed by atoms with E-state index in [1.807, 2.05) is 0 Å². The maximum Gasteiger partial charge on any atom is 0.0411 e. The van der Waals surface area contributed by atoms with Crippen LogP contribution in [0.2, 0.25) is 0 Å². The van der Waals surface area contributed by atoms with Crippen LogP contribution in [0.1, 0.15) is 18.4 Å². The van der Waals surface area contributed by atoms with Gasteiger partial charge in [-0.15, -0.1) is 0 Å². The molecule has 1 aliphatic rings. The van der Waals surface area contributed by atoms with E-state index in [9.17, 15) is 0 Å². The first-order valence-electron chi connectivity index (χ1n) is 6.29. The molecule has 1 saturated heterocycles. The average Bonchev–Trinajstić information content (AvgIpc) is 2.33. The number of hydrogen-bond acceptors (Lipinski definition) is 3. The summed E-state index contributed by atoms with van der Waals surface area (Å²) in [7, 11) is 4.20. The molecule has 3 heteroatoms. The van der Waals surface area contributed by atoms with Gasteiger partial charge in [-0.25, -0.2) is 0 Å². The third kappa shape index (κ3) is 3.09. The zero-order valence-electron chi connectivity index (χ0n) is 11.0. The molecule has 1 heterocycles. The molecule has 1 aliphatic heterocycles. The van der Waals surface area contributed by atoms with Gasteiger partial charge in [0, 0.05) is 31.5 Å². The summed E-state index contributed by atoms with van der Waals surface area (Å²) < 4.78 is 0. The molecule has 0 atom stereocenters. The number of anilines is 2. The minimum atomic E-state index is 0.660. The molecule has 0 aromatic heterocycles.